The van der Waals surface area contributed by atoms with Crippen LogP contribution in [0.3, 0.4) is 0 Å². The third-order valence-electron chi connectivity index (χ3n) is 8.66. The Morgan fingerprint density at radius 2 is 0.940 bits per heavy atom. The largest absolute Gasteiger partial charge is 0.276 e. The number of aromatic nitrogens is 4. The summed E-state index contributed by atoms with van der Waals surface area (Å²) in [5, 5.41) is 11.6. The molecule has 0 N–H and O–H groups in total. The molecule has 0 spiro atoms. The smallest absolute Gasteiger partial charge is 0.205 e. The first-order chi connectivity index (χ1) is 24.7. The third kappa shape index (κ3) is 5.54. The number of rotatable bonds is 6. The normalized spacial score (nSPS) is 10.8. The molecule has 50 heavy (non-hydrogen) atoms. The minimum atomic E-state index is 0.464. The second-order valence-electron chi connectivity index (χ2n) is 11.7. The molecule has 0 radical (unpaired) electrons. The summed E-state index contributed by atoms with van der Waals surface area (Å²) in [4.78, 5) is 22.7. The van der Waals surface area contributed by atoms with Crippen molar-refractivity contribution < 1.29 is 0 Å². The summed E-state index contributed by atoms with van der Waals surface area (Å²) in [5.74, 6) is 0. The minimum absolute atomic E-state index is 0.464. The Hall–Kier alpha value is -7.28. The van der Waals surface area contributed by atoms with Crippen molar-refractivity contribution in [1.29, 1.82) is 5.26 Å². The van der Waals surface area contributed by atoms with Crippen molar-refractivity contribution in [2.45, 2.75) is 0 Å². The Morgan fingerprint density at radius 3 is 1.46 bits per heavy atom. The van der Waals surface area contributed by atoms with Gasteiger partial charge in [0.05, 0.1) is 34.9 Å². The van der Waals surface area contributed by atoms with Crippen LogP contribution >= 0.6 is 0 Å². The van der Waals surface area contributed by atoms with Gasteiger partial charge in [-0.2, -0.15) is 5.26 Å². The van der Waals surface area contributed by atoms with Crippen LogP contribution in [0.1, 0.15) is 5.56 Å². The van der Waals surface area contributed by atoms with Crippen molar-refractivity contribution in [1.82, 2.24) is 19.9 Å². The highest BCUT2D eigenvalue weighted by atomic mass is 14.8. The molecule has 4 aromatic carbocycles. The number of hydrogen-bond donors (Lipinski definition) is 0. The fraction of sp³-hybridized carbons (Fsp3) is 0. The number of benzene rings is 4. The van der Waals surface area contributed by atoms with E-state index in [4.69, 9.17) is 16.5 Å². The van der Waals surface area contributed by atoms with Crippen LogP contribution in [0.4, 0.5) is 5.69 Å². The number of nitriles is 1. The second-order valence-corrected chi connectivity index (χ2v) is 11.7. The molecule has 8 aromatic rings. The Balaban J connectivity index is 1.49. The molecule has 0 saturated carbocycles. The summed E-state index contributed by atoms with van der Waals surface area (Å²) in [7, 11) is 0. The molecule has 0 atom stereocenters. The van der Waals surface area contributed by atoms with Gasteiger partial charge < -0.3 is 0 Å². The highest BCUT2D eigenvalue weighted by Gasteiger charge is 2.25. The van der Waals surface area contributed by atoms with Gasteiger partial charge in [0, 0.05) is 58.2 Å². The average molecular weight is 639 g/mol. The van der Waals surface area contributed by atoms with Gasteiger partial charge in [-0.25, -0.2) is 14.8 Å². The molecule has 232 valence electrons. The van der Waals surface area contributed by atoms with E-state index in [9.17, 15) is 5.26 Å². The molecular formula is C44H26N6. The summed E-state index contributed by atoms with van der Waals surface area (Å²) in [6.45, 7) is 7.51. The molecule has 0 unspecified atom stereocenters. The molecule has 0 bridgehead atoms. The van der Waals surface area contributed by atoms with E-state index in [1.165, 1.54) is 0 Å². The van der Waals surface area contributed by atoms with E-state index in [1.54, 1.807) is 24.8 Å². The van der Waals surface area contributed by atoms with Crippen LogP contribution in [0.5, 0.6) is 0 Å². The van der Waals surface area contributed by atoms with Gasteiger partial charge in [0.1, 0.15) is 6.07 Å². The Bertz CT molecular complexity index is 2440. The van der Waals surface area contributed by atoms with E-state index < -0.39 is 0 Å². The van der Waals surface area contributed by atoms with Crippen LogP contribution in [-0.2, 0) is 0 Å². The van der Waals surface area contributed by atoms with Gasteiger partial charge >= 0.3 is 0 Å². The van der Waals surface area contributed by atoms with Gasteiger partial charge in [-0.15, -0.1) is 0 Å². The Labute approximate surface area is 289 Å². The van der Waals surface area contributed by atoms with Crippen LogP contribution in [0, 0.1) is 17.9 Å². The quantitative estimate of drug-likeness (QED) is 0.169. The van der Waals surface area contributed by atoms with Crippen molar-refractivity contribution >= 4 is 16.5 Å². The van der Waals surface area contributed by atoms with Crippen LogP contribution in [0.25, 0.3) is 82.9 Å². The first kappa shape index (κ1) is 30.1. The lowest BCUT2D eigenvalue weighted by Crippen LogP contribution is -2.00. The maximum Gasteiger partial charge on any atom is 0.205 e. The lowest BCUT2D eigenvalue weighted by molar-refractivity contribution is 1.27. The lowest BCUT2D eigenvalue weighted by atomic mass is 9.80. The molecule has 4 heterocycles. The SMILES string of the molecule is [C-]#[N+]c1cncc(-c2cccc(-c3c(-c4ccccc4)c(-c4ccccc4)c(-c4cccc(-c5cncc(C#N)c5)n4)c4ccccc34)n2)c1. The van der Waals surface area contributed by atoms with Gasteiger partial charge in [0.2, 0.25) is 5.69 Å². The van der Waals surface area contributed by atoms with Crippen molar-refractivity contribution in [3.8, 4) is 73.4 Å². The fourth-order valence-electron chi connectivity index (χ4n) is 6.50. The lowest BCUT2D eigenvalue weighted by Gasteiger charge is -2.23. The maximum atomic E-state index is 9.56. The van der Waals surface area contributed by atoms with Gasteiger partial charge in [0.25, 0.3) is 0 Å². The molecule has 6 nitrogen and oxygen atoms in total. The molecule has 6 heteroatoms. The summed E-state index contributed by atoms with van der Waals surface area (Å²) in [6.07, 6.45) is 6.60. The zero-order chi connectivity index (χ0) is 33.9. The predicted molar refractivity (Wildman–Crippen MR) is 199 cm³/mol. The number of hydrogen-bond acceptors (Lipinski definition) is 5. The third-order valence-corrected chi connectivity index (χ3v) is 8.66. The number of pyridine rings is 4. The van der Waals surface area contributed by atoms with E-state index in [1.807, 2.05) is 60.7 Å². The first-order valence-electron chi connectivity index (χ1n) is 16.0. The molecule has 0 aliphatic carbocycles. The zero-order valence-electron chi connectivity index (χ0n) is 26.7. The van der Waals surface area contributed by atoms with E-state index >= 15 is 0 Å². The van der Waals surface area contributed by atoms with Crippen LogP contribution in [0.15, 0.2) is 158 Å². The fourth-order valence-corrected chi connectivity index (χ4v) is 6.50. The van der Waals surface area contributed by atoms with E-state index in [0.29, 0.717) is 11.3 Å². The zero-order valence-corrected chi connectivity index (χ0v) is 26.7. The molecule has 0 aliphatic rings. The van der Waals surface area contributed by atoms with Gasteiger partial charge in [-0.1, -0.05) is 97.1 Å². The molecule has 0 fully saturated rings. The Kier molecular flexibility index (Phi) is 7.87. The van der Waals surface area contributed by atoms with Crippen LogP contribution in [0.2, 0.25) is 0 Å². The predicted octanol–water partition coefficient (Wildman–Crippen LogP) is 10.8. The second kappa shape index (κ2) is 13.1. The van der Waals surface area contributed by atoms with Crippen molar-refractivity contribution in [3.05, 3.63) is 175 Å². The maximum absolute atomic E-state index is 9.56. The van der Waals surface area contributed by atoms with Crippen molar-refractivity contribution in [2.75, 3.05) is 0 Å². The average Bonchev–Trinajstić information content (AvgIpc) is 3.20. The summed E-state index contributed by atoms with van der Waals surface area (Å²) < 4.78 is 0. The highest BCUT2D eigenvalue weighted by Crippen LogP contribution is 2.50. The van der Waals surface area contributed by atoms with Crippen LogP contribution < -0.4 is 0 Å². The van der Waals surface area contributed by atoms with Gasteiger partial charge in [-0.3, -0.25) is 9.97 Å². The van der Waals surface area contributed by atoms with Crippen molar-refractivity contribution in [3.63, 3.8) is 0 Å². The number of fused-ring (bicyclic) bond motifs is 1. The van der Waals surface area contributed by atoms with Gasteiger partial charge in [0.15, 0.2) is 0 Å². The number of nitrogens with zero attached hydrogens (tertiary/aromatic N) is 6. The molecule has 0 saturated heterocycles. The summed E-state index contributed by atoms with van der Waals surface area (Å²) in [6, 6.07) is 47.1. The van der Waals surface area contributed by atoms with Crippen LogP contribution in [-0.4, -0.2) is 19.9 Å². The first-order valence-corrected chi connectivity index (χ1v) is 16.0. The minimum Gasteiger partial charge on any atom is -0.276 e. The standard InChI is InChI=1S/C44H26N6/c1-46-34-23-33(27-48-28-34)38-19-11-21-40(50-38)44-36-17-9-8-16-35(36)43(39-20-10-18-37(49-39)32-22-29(24-45)25-47-26-32)41(30-12-4-2-5-13-30)42(44)31-14-6-3-7-15-31/h2-23,25-28H. The summed E-state index contributed by atoms with van der Waals surface area (Å²) >= 11 is 0. The van der Waals surface area contributed by atoms with E-state index in [-0.39, 0.29) is 0 Å². The highest BCUT2D eigenvalue weighted by molar-refractivity contribution is 6.17. The monoisotopic (exact) mass is 638 g/mol. The van der Waals surface area contributed by atoms with E-state index in [0.717, 1.165) is 78.1 Å². The van der Waals surface area contributed by atoms with Gasteiger partial charge in [-0.05, 0) is 58.3 Å². The molecule has 4 aromatic heterocycles. The summed E-state index contributed by atoms with van der Waals surface area (Å²) in [5.41, 5.74) is 11.7. The molecule has 0 aliphatic heterocycles. The Morgan fingerprint density at radius 1 is 0.460 bits per heavy atom. The topological polar surface area (TPSA) is 79.7 Å². The molecular weight excluding hydrogens is 613 g/mol. The molecule has 8 rings (SSSR count). The van der Waals surface area contributed by atoms with Crippen molar-refractivity contribution in [2.24, 2.45) is 0 Å². The molecule has 0 amide bonds. The van der Waals surface area contributed by atoms with E-state index in [2.05, 4.69) is 93.7 Å².